The van der Waals surface area contributed by atoms with Gasteiger partial charge in [-0.15, -0.1) is 0 Å². The van der Waals surface area contributed by atoms with Crippen LogP contribution in [0.1, 0.15) is 64.4 Å². The zero-order valence-electron chi connectivity index (χ0n) is 25.0. The molecule has 9 heteroatoms. The van der Waals surface area contributed by atoms with Crippen LogP contribution in [0, 0.1) is 0 Å². The summed E-state index contributed by atoms with van der Waals surface area (Å²) in [5.74, 6) is 0.814. The molecule has 0 radical (unpaired) electrons. The molecule has 1 atom stereocenters. The number of ether oxygens (including phenoxy) is 1. The Labute approximate surface area is 239 Å². The Balaban J connectivity index is 1.40. The minimum absolute atomic E-state index is 0.00247. The summed E-state index contributed by atoms with van der Waals surface area (Å²) in [4.78, 5) is 27.7. The third-order valence-corrected chi connectivity index (χ3v) is 10.0. The Hall–Kier alpha value is -2.62. The minimum Gasteiger partial charge on any atom is -0.388 e. The number of carbonyl (C=O) groups excluding carboxylic acids is 1. The number of hydrogen-bond donors (Lipinski definition) is 2. The van der Waals surface area contributed by atoms with Crippen LogP contribution in [-0.4, -0.2) is 108 Å². The van der Waals surface area contributed by atoms with E-state index in [0.29, 0.717) is 19.7 Å². The van der Waals surface area contributed by atoms with Crippen LogP contribution in [0.25, 0.3) is 0 Å². The van der Waals surface area contributed by atoms with Crippen molar-refractivity contribution in [3.05, 3.63) is 47.8 Å². The van der Waals surface area contributed by atoms with E-state index in [2.05, 4.69) is 73.4 Å². The fourth-order valence-electron chi connectivity index (χ4n) is 7.21. The first-order valence-electron chi connectivity index (χ1n) is 15.0. The molecule has 1 unspecified atom stereocenters. The third kappa shape index (κ3) is 5.12. The summed E-state index contributed by atoms with van der Waals surface area (Å²) in [5, 5.41) is 14.6. The Morgan fingerprint density at radius 2 is 1.82 bits per heavy atom. The fourth-order valence-corrected chi connectivity index (χ4v) is 7.21. The molecule has 40 heavy (non-hydrogen) atoms. The lowest BCUT2D eigenvalue weighted by Gasteiger charge is -2.52. The maximum absolute atomic E-state index is 14.2. The number of rotatable bonds is 9. The molecule has 0 aromatic heterocycles. The van der Waals surface area contributed by atoms with Gasteiger partial charge in [-0.25, -0.2) is 9.79 Å². The van der Waals surface area contributed by atoms with Gasteiger partial charge in [-0.2, -0.15) is 0 Å². The second kappa shape index (κ2) is 11.3. The van der Waals surface area contributed by atoms with Gasteiger partial charge >= 0.3 is 6.03 Å². The monoisotopic (exact) mass is 552 g/mol. The van der Waals surface area contributed by atoms with Gasteiger partial charge in [-0.05, 0) is 78.5 Å². The summed E-state index contributed by atoms with van der Waals surface area (Å²) in [7, 11) is 6.06. The quantitative estimate of drug-likeness (QED) is 0.488. The molecule has 2 amide bonds. The lowest BCUT2D eigenvalue weighted by atomic mass is 9.67. The van der Waals surface area contributed by atoms with Crippen molar-refractivity contribution in [1.82, 2.24) is 24.9 Å². The van der Waals surface area contributed by atoms with Gasteiger partial charge in [0.25, 0.3) is 0 Å². The van der Waals surface area contributed by atoms with Crippen LogP contribution in [0.4, 0.5) is 4.79 Å². The Bertz CT molecular complexity index is 1110. The van der Waals surface area contributed by atoms with Crippen molar-refractivity contribution in [1.29, 1.82) is 0 Å². The number of aliphatic imine (C=N–C) groups is 1. The van der Waals surface area contributed by atoms with Gasteiger partial charge in [0.2, 0.25) is 0 Å². The maximum Gasteiger partial charge on any atom is 0.325 e. The molecule has 1 saturated heterocycles. The number of nitrogens with one attached hydrogen (secondary N) is 1. The van der Waals surface area contributed by atoms with Crippen molar-refractivity contribution in [2.75, 3.05) is 54.0 Å². The highest BCUT2D eigenvalue weighted by Gasteiger charge is 2.57. The number of β-amino-alcohol motifs (C(OH)–C–C–N with tert-alkyl or cyclic N) is 1. The number of likely N-dealkylation sites (N-methyl/N-ethyl adjacent to an activating group) is 1. The fraction of sp³-hybridized carbons (Fsp3) is 0.677. The topological polar surface area (TPSA) is 83.9 Å². The second-order valence-corrected chi connectivity index (χ2v) is 12.5. The number of nitrogens with zero attached hydrogens (tertiary/aromatic N) is 5. The lowest BCUT2D eigenvalue weighted by molar-refractivity contribution is -0.0725. The van der Waals surface area contributed by atoms with Crippen molar-refractivity contribution in [2.24, 2.45) is 4.99 Å². The summed E-state index contributed by atoms with van der Waals surface area (Å²) in [6.45, 7) is 7.40. The maximum atomic E-state index is 14.2. The molecular weight excluding hydrogens is 504 g/mol. The molecule has 2 aliphatic heterocycles. The molecule has 2 saturated carbocycles. The first-order valence-corrected chi connectivity index (χ1v) is 15.0. The van der Waals surface area contributed by atoms with Crippen LogP contribution in [0.2, 0.25) is 0 Å². The first-order chi connectivity index (χ1) is 19.2. The van der Waals surface area contributed by atoms with Gasteiger partial charge in [-0.3, -0.25) is 9.80 Å². The SMILES string of the molecule is CCN(CCOC)C1=NC(C)C(N2CC3(CCC(c4ccccc4)(N(C)C)CC3)N(CC3(O)CCC3)C2=O)=CN1. The highest BCUT2D eigenvalue weighted by molar-refractivity contribution is 5.84. The van der Waals surface area contributed by atoms with E-state index in [1.807, 2.05) is 16.0 Å². The molecule has 2 heterocycles. The molecule has 1 aromatic carbocycles. The Morgan fingerprint density at radius 3 is 2.38 bits per heavy atom. The predicted octanol–water partition coefficient (Wildman–Crippen LogP) is 3.57. The van der Waals surface area contributed by atoms with Crippen molar-refractivity contribution >= 4 is 12.0 Å². The summed E-state index contributed by atoms with van der Waals surface area (Å²) >= 11 is 0. The van der Waals surface area contributed by atoms with Crippen molar-refractivity contribution in [3.63, 3.8) is 0 Å². The van der Waals surface area contributed by atoms with Gasteiger partial charge in [0.1, 0.15) is 0 Å². The Kier molecular flexibility index (Phi) is 8.19. The van der Waals surface area contributed by atoms with Gasteiger partial charge < -0.3 is 25.0 Å². The van der Waals surface area contributed by atoms with Crippen LogP contribution in [-0.2, 0) is 10.3 Å². The molecule has 2 N–H and O–H groups in total. The van der Waals surface area contributed by atoms with Crippen molar-refractivity contribution in [2.45, 2.75) is 81.5 Å². The summed E-state index contributed by atoms with van der Waals surface area (Å²) < 4.78 is 5.27. The van der Waals surface area contributed by atoms with Crippen molar-refractivity contribution < 1.29 is 14.6 Å². The normalized spacial score (nSPS) is 29.8. The van der Waals surface area contributed by atoms with Crippen LogP contribution < -0.4 is 5.32 Å². The number of aliphatic hydroxyl groups is 1. The van der Waals surface area contributed by atoms with Crippen LogP contribution in [0.5, 0.6) is 0 Å². The molecule has 220 valence electrons. The number of hydrogen-bond acceptors (Lipinski definition) is 7. The van der Waals surface area contributed by atoms with Gasteiger partial charge in [0.05, 0.1) is 42.6 Å². The minimum atomic E-state index is -0.771. The number of benzene rings is 1. The molecule has 5 rings (SSSR count). The summed E-state index contributed by atoms with van der Waals surface area (Å²) in [6, 6.07) is 10.6. The van der Waals surface area contributed by atoms with E-state index in [1.165, 1.54) is 5.56 Å². The van der Waals surface area contributed by atoms with Crippen LogP contribution in [0.3, 0.4) is 0 Å². The lowest BCUT2D eigenvalue weighted by Crippen LogP contribution is -2.59. The number of guanidine groups is 1. The molecule has 1 aromatic rings. The van der Waals surface area contributed by atoms with Crippen LogP contribution in [0.15, 0.2) is 47.2 Å². The summed E-state index contributed by atoms with van der Waals surface area (Å²) in [5.41, 5.74) is 1.09. The average molecular weight is 553 g/mol. The first kappa shape index (κ1) is 28.9. The highest BCUT2D eigenvalue weighted by atomic mass is 16.5. The smallest absolute Gasteiger partial charge is 0.325 e. The van der Waals surface area contributed by atoms with E-state index in [-0.39, 0.29) is 23.2 Å². The summed E-state index contributed by atoms with van der Waals surface area (Å²) in [6.07, 6.45) is 8.22. The number of urea groups is 1. The largest absolute Gasteiger partial charge is 0.388 e. The zero-order chi connectivity index (χ0) is 28.5. The third-order valence-electron chi connectivity index (χ3n) is 10.0. The van der Waals surface area contributed by atoms with Gasteiger partial charge in [-0.1, -0.05) is 30.3 Å². The van der Waals surface area contributed by atoms with E-state index < -0.39 is 5.60 Å². The highest BCUT2D eigenvalue weighted by Crippen LogP contribution is 2.50. The average Bonchev–Trinajstić information content (AvgIpc) is 3.19. The van der Waals surface area contributed by atoms with E-state index >= 15 is 0 Å². The standard InChI is InChI=1S/C31H48N6O3/c1-6-35(19-20-40-5)27-32-21-26(24(2)33-27)36-22-29(37(28(36)38)23-30(39)13-10-14-30)15-17-31(18-16-29,34(3)4)25-11-8-7-9-12-25/h7-9,11-12,21,24,39H,6,10,13-20,22-23H2,1-5H3,(H,32,33). The van der Waals surface area contributed by atoms with Gasteiger partial charge in [0.15, 0.2) is 5.96 Å². The van der Waals surface area contributed by atoms with Crippen molar-refractivity contribution in [3.8, 4) is 0 Å². The molecule has 2 aliphatic carbocycles. The van der Waals surface area contributed by atoms with Gasteiger partial charge in [0, 0.05) is 31.9 Å². The zero-order valence-corrected chi connectivity index (χ0v) is 25.0. The van der Waals surface area contributed by atoms with E-state index in [4.69, 9.17) is 9.73 Å². The van der Waals surface area contributed by atoms with E-state index in [1.54, 1.807) is 7.11 Å². The van der Waals surface area contributed by atoms with E-state index in [0.717, 1.165) is 69.7 Å². The number of methoxy groups -OCH3 is 1. The number of amides is 2. The molecule has 4 aliphatic rings. The number of carbonyl (C=O) groups is 1. The molecule has 9 nitrogen and oxygen atoms in total. The molecule has 3 fully saturated rings. The predicted molar refractivity (Wildman–Crippen MR) is 158 cm³/mol. The van der Waals surface area contributed by atoms with Crippen LogP contribution >= 0.6 is 0 Å². The second-order valence-electron chi connectivity index (χ2n) is 12.5. The molecule has 0 bridgehead atoms. The Morgan fingerprint density at radius 1 is 1.12 bits per heavy atom. The molecule has 1 spiro atoms. The van der Waals surface area contributed by atoms with E-state index in [9.17, 15) is 9.90 Å². The molecular formula is C31H48N6O3.